The van der Waals surface area contributed by atoms with Crippen LogP contribution in [0.4, 0.5) is 0 Å². The van der Waals surface area contributed by atoms with Gasteiger partial charge in [0.1, 0.15) is 0 Å². The van der Waals surface area contributed by atoms with Crippen LogP contribution in [0.2, 0.25) is 0 Å². The minimum Gasteiger partial charge on any atom is -0.469 e. The summed E-state index contributed by atoms with van der Waals surface area (Å²) < 4.78 is 4.79. The van der Waals surface area contributed by atoms with Gasteiger partial charge in [-0.3, -0.25) is 14.5 Å². The van der Waals surface area contributed by atoms with Crippen molar-refractivity contribution in [1.82, 2.24) is 9.80 Å². The Hall–Kier alpha value is -1.88. The van der Waals surface area contributed by atoms with Crippen LogP contribution in [0.15, 0.2) is 30.3 Å². The van der Waals surface area contributed by atoms with E-state index in [1.165, 1.54) is 7.11 Å². The molecule has 0 bridgehead atoms. The molecule has 0 heterocycles. The molecule has 0 fully saturated rings. The van der Waals surface area contributed by atoms with Crippen molar-refractivity contribution >= 4 is 11.9 Å². The first kappa shape index (κ1) is 18.2. The molecule has 122 valence electrons. The first-order valence-electron chi connectivity index (χ1n) is 7.48. The maximum Gasteiger partial charge on any atom is 0.309 e. The molecule has 1 aromatic rings. The maximum absolute atomic E-state index is 11.8. The summed E-state index contributed by atoms with van der Waals surface area (Å²) in [4.78, 5) is 27.1. The molecule has 0 spiro atoms. The largest absolute Gasteiger partial charge is 0.469 e. The second-order valence-electron chi connectivity index (χ2n) is 5.68. The number of rotatable bonds is 8. The zero-order valence-corrected chi connectivity index (χ0v) is 13.9. The number of nitrogens with zero attached hydrogens (tertiary/aromatic N) is 2. The summed E-state index contributed by atoms with van der Waals surface area (Å²) in [6, 6.07) is 10.0. The number of methoxy groups -OCH3 is 1. The molecule has 1 atom stereocenters. The van der Waals surface area contributed by atoms with Crippen molar-refractivity contribution in [1.29, 1.82) is 0 Å². The van der Waals surface area contributed by atoms with Crippen molar-refractivity contribution < 1.29 is 14.3 Å². The number of benzene rings is 1. The van der Waals surface area contributed by atoms with Gasteiger partial charge in [0.2, 0.25) is 5.91 Å². The third-order valence-electron chi connectivity index (χ3n) is 3.53. The number of carbonyl (C=O) groups excluding carboxylic acids is 2. The van der Waals surface area contributed by atoms with Crippen LogP contribution in [0.5, 0.6) is 0 Å². The lowest BCUT2D eigenvalue weighted by Crippen LogP contribution is -2.35. The summed E-state index contributed by atoms with van der Waals surface area (Å²) in [6.07, 6.45) is 0.438. The van der Waals surface area contributed by atoms with Crippen molar-refractivity contribution in [2.75, 3.05) is 34.3 Å². The highest BCUT2D eigenvalue weighted by molar-refractivity contribution is 5.75. The van der Waals surface area contributed by atoms with E-state index in [1.807, 2.05) is 37.3 Å². The van der Waals surface area contributed by atoms with Gasteiger partial charge in [0.05, 0.1) is 13.0 Å². The van der Waals surface area contributed by atoms with Gasteiger partial charge in [0.25, 0.3) is 0 Å². The van der Waals surface area contributed by atoms with E-state index in [4.69, 9.17) is 4.74 Å². The Kier molecular flexibility index (Phi) is 7.60. The second-order valence-corrected chi connectivity index (χ2v) is 5.68. The van der Waals surface area contributed by atoms with Crippen LogP contribution in [-0.4, -0.2) is 56.0 Å². The van der Waals surface area contributed by atoms with Crippen LogP contribution in [0, 0.1) is 5.92 Å². The van der Waals surface area contributed by atoms with Crippen molar-refractivity contribution in [3.8, 4) is 0 Å². The van der Waals surface area contributed by atoms with E-state index in [-0.39, 0.29) is 17.8 Å². The molecule has 0 saturated carbocycles. The Balaban J connectivity index is 2.67. The highest BCUT2D eigenvalue weighted by atomic mass is 16.5. The van der Waals surface area contributed by atoms with Crippen LogP contribution in [-0.2, 0) is 20.9 Å². The average Bonchev–Trinajstić information content (AvgIpc) is 2.52. The molecule has 0 unspecified atom stereocenters. The standard InChI is InChI=1S/C17H26N2O3/c1-14(17(21)22-4)12-19(11-10-16(20)18(2)3)13-15-8-6-5-7-9-15/h5-9,14H,10-13H2,1-4H3/t14-/m1/s1. The van der Waals surface area contributed by atoms with Crippen molar-refractivity contribution in [3.05, 3.63) is 35.9 Å². The van der Waals surface area contributed by atoms with Gasteiger partial charge in [0, 0.05) is 40.2 Å². The Morgan fingerprint density at radius 1 is 1.18 bits per heavy atom. The fraction of sp³-hybridized carbons (Fsp3) is 0.529. The SMILES string of the molecule is COC(=O)[C@H](C)CN(CCC(=O)N(C)C)Cc1ccccc1. The Bertz CT molecular complexity index is 474. The molecule has 1 amide bonds. The predicted octanol–water partition coefficient (Wildman–Crippen LogP) is 1.78. The van der Waals surface area contributed by atoms with Gasteiger partial charge in [-0.1, -0.05) is 37.3 Å². The van der Waals surface area contributed by atoms with Crippen LogP contribution < -0.4 is 0 Å². The lowest BCUT2D eigenvalue weighted by molar-refractivity contribution is -0.145. The molecule has 0 aliphatic rings. The zero-order valence-electron chi connectivity index (χ0n) is 13.9. The van der Waals surface area contributed by atoms with Crippen molar-refractivity contribution in [2.45, 2.75) is 19.9 Å². The normalized spacial score (nSPS) is 12.0. The first-order valence-corrected chi connectivity index (χ1v) is 7.48. The summed E-state index contributed by atoms with van der Waals surface area (Å²) in [5.74, 6) is -0.357. The Morgan fingerprint density at radius 2 is 1.82 bits per heavy atom. The lowest BCUT2D eigenvalue weighted by Gasteiger charge is -2.25. The van der Waals surface area contributed by atoms with Gasteiger partial charge in [0.15, 0.2) is 0 Å². The fourth-order valence-corrected chi connectivity index (χ4v) is 2.22. The van der Waals surface area contributed by atoms with E-state index in [0.29, 0.717) is 26.1 Å². The Labute approximate surface area is 132 Å². The van der Waals surface area contributed by atoms with E-state index in [9.17, 15) is 9.59 Å². The topological polar surface area (TPSA) is 49.9 Å². The molecule has 0 aliphatic heterocycles. The maximum atomic E-state index is 11.8. The first-order chi connectivity index (χ1) is 10.4. The average molecular weight is 306 g/mol. The van der Waals surface area contributed by atoms with Crippen LogP contribution in [0.3, 0.4) is 0 Å². The number of amides is 1. The molecular weight excluding hydrogens is 280 g/mol. The number of carbonyl (C=O) groups is 2. The molecule has 0 saturated heterocycles. The highest BCUT2D eigenvalue weighted by Crippen LogP contribution is 2.09. The highest BCUT2D eigenvalue weighted by Gasteiger charge is 2.18. The molecule has 0 aromatic heterocycles. The van der Waals surface area contributed by atoms with Crippen LogP contribution >= 0.6 is 0 Å². The predicted molar refractivity (Wildman–Crippen MR) is 86.2 cm³/mol. The summed E-state index contributed by atoms with van der Waals surface area (Å²) in [7, 11) is 4.90. The van der Waals surface area contributed by atoms with E-state index in [1.54, 1.807) is 19.0 Å². The number of hydrogen-bond donors (Lipinski definition) is 0. The van der Waals surface area contributed by atoms with Crippen molar-refractivity contribution in [2.24, 2.45) is 5.92 Å². The second kappa shape index (κ2) is 9.20. The lowest BCUT2D eigenvalue weighted by atomic mass is 10.1. The van der Waals surface area contributed by atoms with Crippen molar-refractivity contribution in [3.63, 3.8) is 0 Å². The monoisotopic (exact) mass is 306 g/mol. The third kappa shape index (κ3) is 6.26. The number of hydrogen-bond acceptors (Lipinski definition) is 4. The van der Waals surface area contributed by atoms with E-state index < -0.39 is 0 Å². The third-order valence-corrected chi connectivity index (χ3v) is 3.53. The summed E-state index contributed by atoms with van der Waals surface area (Å²) in [5, 5.41) is 0. The molecule has 5 nitrogen and oxygen atoms in total. The van der Waals surface area contributed by atoms with Gasteiger partial charge in [-0.25, -0.2) is 0 Å². The van der Waals surface area contributed by atoms with Gasteiger partial charge in [-0.05, 0) is 5.56 Å². The number of ether oxygens (including phenoxy) is 1. The van der Waals surface area contributed by atoms with Gasteiger partial charge in [-0.15, -0.1) is 0 Å². The summed E-state index contributed by atoms with van der Waals surface area (Å²) >= 11 is 0. The zero-order chi connectivity index (χ0) is 16.5. The molecule has 0 aliphatic carbocycles. The van der Waals surface area contributed by atoms with Gasteiger partial charge >= 0.3 is 5.97 Å². The Morgan fingerprint density at radius 3 is 2.36 bits per heavy atom. The molecule has 22 heavy (non-hydrogen) atoms. The smallest absolute Gasteiger partial charge is 0.309 e. The number of esters is 1. The molecule has 0 radical (unpaired) electrons. The minimum atomic E-state index is -0.225. The molecule has 0 N–H and O–H groups in total. The summed E-state index contributed by atoms with van der Waals surface area (Å²) in [6.45, 7) is 3.75. The van der Waals surface area contributed by atoms with E-state index >= 15 is 0 Å². The van der Waals surface area contributed by atoms with E-state index in [0.717, 1.165) is 5.56 Å². The molecule has 1 aromatic carbocycles. The summed E-state index contributed by atoms with van der Waals surface area (Å²) in [5.41, 5.74) is 1.16. The molecule has 1 rings (SSSR count). The van der Waals surface area contributed by atoms with Crippen LogP contribution in [0.1, 0.15) is 18.9 Å². The van der Waals surface area contributed by atoms with Gasteiger partial charge in [-0.2, -0.15) is 0 Å². The fourth-order valence-electron chi connectivity index (χ4n) is 2.22. The van der Waals surface area contributed by atoms with Crippen LogP contribution in [0.25, 0.3) is 0 Å². The molecular formula is C17H26N2O3. The van der Waals surface area contributed by atoms with Gasteiger partial charge < -0.3 is 9.64 Å². The minimum absolute atomic E-state index is 0.0868. The molecule has 5 heteroatoms. The quantitative estimate of drug-likeness (QED) is 0.687. The van der Waals surface area contributed by atoms with E-state index in [2.05, 4.69) is 4.90 Å².